The first-order chi connectivity index (χ1) is 10.8. The summed E-state index contributed by atoms with van der Waals surface area (Å²) in [6.07, 6.45) is 5.65. The molecule has 5 heteroatoms. The van der Waals surface area contributed by atoms with Gasteiger partial charge in [-0.1, -0.05) is 28.1 Å². The molecule has 2 N–H and O–H groups in total. The summed E-state index contributed by atoms with van der Waals surface area (Å²) >= 11 is 3.49. The van der Waals surface area contributed by atoms with Crippen LogP contribution >= 0.6 is 15.9 Å². The number of hydrogen-bond donors (Lipinski definition) is 2. The van der Waals surface area contributed by atoms with Crippen LogP contribution in [0.1, 0.15) is 25.1 Å². The van der Waals surface area contributed by atoms with Gasteiger partial charge >= 0.3 is 0 Å². The molecule has 0 radical (unpaired) electrons. The Morgan fingerprint density at radius 3 is 3.09 bits per heavy atom. The third kappa shape index (κ3) is 4.93. The number of rotatable bonds is 9. The Morgan fingerprint density at radius 1 is 1.36 bits per heavy atom. The second kappa shape index (κ2) is 7.90. The molecule has 0 bridgehead atoms. The van der Waals surface area contributed by atoms with E-state index in [1.54, 1.807) is 0 Å². The Labute approximate surface area is 139 Å². The molecule has 1 aliphatic carbocycles. The van der Waals surface area contributed by atoms with E-state index in [0.29, 0.717) is 0 Å². The summed E-state index contributed by atoms with van der Waals surface area (Å²) < 4.78 is 6.69. The van der Waals surface area contributed by atoms with E-state index in [1.807, 2.05) is 18.3 Å². The summed E-state index contributed by atoms with van der Waals surface area (Å²) in [6, 6.07) is 8.21. The molecule has 0 spiro atoms. The molecule has 118 valence electrons. The number of hydrogen-bond acceptors (Lipinski definition) is 3. The summed E-state index contributed by atoms with van der Waals surface area (Å²) in [6.45, 7) is 3.52. The molecule has 0 unspecified atom stereocenters. The molecule has 1 heterocycles. The van der Waals surface area contributed by atoms with Crippen LogP contribution in [0.15, 0.2) is 34.9 Å². The smallest absolute Gasteiger partial charge is 0.120 e. The lowest BCUT2D eigenvalue weighted by atomic mass is 10.2. The SMILES string of the molecule is Brc1cccc(-c2cnc(CNCCCOCC3CC3)[nH]2)c1. The number of nitrogens with zero attached hydrogens (tertiary/aromatic N) is 1. The quantitative estimate of drug-likeness (QED) is 0.667. The van der Waals surface area contributed by atoms with E-state index in [1.165, 1.54) is 12.8 Å². The van der Waals surface area contributed by atoms with Crippen LogP contribution in [0.4, 0.5) is 0 Å². The van der Waals surface area contributed by atoms with Gasteiger partial charge < -0.3 is 15.0 Å². The average Bonchev–Trinajstić information content (AvgIpc) is 3.22. The summed E-state index contributed by atoms with van der Waals surface area (Å²) in [5.41, 5.74) is 2.19. The Balaban J connectivity index is 1.36. The molecule has 1 aromatic heterocycles. The van der Waals surface area contributed by atoms with Crippen LogP contribution in [-0.4, -0.2) is 29.7 Å². The van der Waals surface area contributed by atoms with Gasteiger partial charge in [0.2, 0.25) is 0 Å². The highest BCUT2D eigenvalue weighted by atomic mass is 79.9. The fourth-order valence-corrected chi connectivity index (χ4v) is 2.69. The van der Waals surface area contributed by atoms with E-state index >= 15 is 0 Å². The second-order valence-corrected chi connectivity index (χ2v) is 6.72. The first kappa shape index (κ1) is 15.7. The fraction of sp³-hybridized carbons (Fsp3) is 0.471. The van der Waals surface area contributed by atoms with Gasteiger partial charge in [0.15, 0.2) is 0 Å². The highest BCUT2D eigenvalue weighted by Crippen LogP contribution is 2.28. The third-order valence-electron chi connectivity index (χ3n) is 3.75. The number of imidazole rings is 1. The maximum atomic E-state index is 5.62. The van der Waals surface area contributed by atoms with Gasteiger partial charge in [-0.05, 0) is 43.9 Å². The minimum Gasteiger partial charge on any atom is -0.381 e. The van der Waals surface area contributed by atoms with E-state index in [2.05, 4.69) is 43.3 Å². The van der Waals surface area contributed by atoms with Gasteiger partial charge in [0.05, 0.1) is 18.4 Å². The lowest BCUT2D eigenvalue weighted by molar-refractivity contribution is 0.122. The van der Waals surface area contributed by atoms with Gasteiger partial charge in [-0.15, -0.1) is 0 Å². The summed E-state index contributed by atoms with van der Waals surface area (Å²) in [4.78, 5) is 7.78. The van der Waals surface area contributed by atoms with Crippen LogP contribution in [0.3, 0.4) is 0 Å². The molecule has 0 atom stereocenters. The third-order valence-corrected chi connectivity index (χ3v) is 4.24. The molecule has 0 amide bonds. The zero-order valence-corrected chi connectivity index (χ0v) is 14.2. The molecule has 2 aromatic rings. The van der Waals surface area contributed by atoms with Crippen molar-refractivity contribution in [3.8, 4) is 11.3 Å². The zero-order chi connectivity index (χ0) is 15.2. The van der Waals surface area contributed by atoms with Crippen molar-refractivity contribution in [1.29, 1.82) is 0 Å². The normalized spacial score (nSPS) is 14.4. The van der Waals surface area contributed by atoms with Crippen molar-refractivity contribution in [1.82, 2.24) is 15.3 Å². The van der Waals surface area contributed by atoms with Crippen molar-refractivity contribution in [2.75, 3.05) is 19.8 Å². The Morgan fingerprint density at radius 2 is 2.27 bits per heavy atom. The second-order valence-electron chi connectivity index (χ2n) is 5.80. The van der Waals surface area contributed by atoms with Crippen molar-refractivity contribution < 1.29 is 4.74 Å². The first-order valence-electron chi connectivity index (χ1n) is 7.89. The molecule has 0 saturated heterocycles. The first-order valence-corrected chi connectivity index (χ1v) is 8.69. The zero-order valence-electron chi connectivity index (χ0n) is 12.6. The van der Waals surface area contributed by atoms with Crippen molar-refractivity contribution in [2.24, 2.45) is 5.92 Å². The Bertz CT molecular complexity index is 595. The molecule has 3 rings (SSSR count). The molecule has 1 saturated carbocycles. The summed E-state index contributed by atoms with van der Waals surface area (Å²) in [7, 11) is 0. The number of nitrogens with one attached hydrogen (secondary N) is 2. The van der Waals surface area contributed by atoms with Gasteiger partial charge in [0, 0.05) is 23.2 Å². The van der Waals surface area contributed by atoms with Gasteiger partial charge in [-0.3, -0.25) is 0 Å². The maximum Gasteiger partial charge on any atom is 0.120 e. The predicted molar refractivity (Wildman–Crippen MR) is 91.6 cm³/mol. The number of H-pyrrole nitrogens is 1. The van der Waals surface area contributed by atoms with Crippen molar-refractivity contribution >= 4 is 15.9 Å². The standard InChI is InChI=1S/C17H22BrN3O/c18-15-4-1-3-14(9-15)16-10-20-17(21-16)11-19-7-2-8-22-12-13-5-6-13/h1,3-4,9-10,13,19H,2,5-8,11-12H2,(H,20,21). The number of halogens is 1. The molecule has 1 aromatic carbocycles. The van der Waals surface area contributed by atoms with Gasteiger partial charge in [-0.2, -0.15) is 0 Å². The average molecular weight is 364 g/mol. The molecule has 1 aliphatic rings. The van der Waals surface area contributed by atoms with E-state index in [9.17, 15) is 0 Å². The maximum absolute atomic E-state index is 5.62. The van der Waals surface area contributed by atoms with E-state index in [4.69, 9.17) is 4.74 Å². The molecule has 22 heavy (non-hydrogen) atoms. The molecule has 0 aliphatic heterocycles. The summed E-state index contributed by atoms with van der Waals surface area (Å²) in [5.74, 6) is 1.82. The monoisotopic (exact) mass is 363 g/mol. The summed E-state index contributed by atoms with van der Waals surface area (Å²) in [5, 5.41) is 3.40. The van der Waals surface area contributed by atoms with Crippen LogP contribution in [0.2, 0.25) is 0 Å². The van der Waals surface area contributed by atoms with Crippen molar-refractivity contribution in [3.05, 3.63) is 40.8 Å². The number of aromatic amines is 1. The van der Waals surface area contributed by atoms with E-state index < -0.39 is 0 Å². The van der Waals surface area contributed by atoms with Gasteiger partial charge in [-0.25, -0.2) is 4.98 Å². The van der Waals surface area contributed by atoms with Crippen LogP contribution in [-0.2, 0) is 11.3 Å². The largest absolute Gasteiger partial charge is 0.381 e. The number of aromatic nitrogens is 2. The predicted octanol–water partition coefficient (Wildman–Crippen LogP) is 3.75. The Kier molecular flexibility index (Phi) is 5.64. The number of ether oxygens (including phenoxy) is 1. The number of benzene rings is 1. The van der Waals surface area contributed by atoms with Crippen LogP contribution in [0.25, 0.3) is 11.3 Å². The highest BCUT2D eigenvalue weighted by Gasteiger charge is 2.20. The molecule has 1 fully saturated rings. The molecule has 4 nitrogen and oxygen atoms in total. The topological polar surface area (TPSA) is 49.9 Å². The molecular formula is C17H22BrN3O. The minimum absolute atomic E-state index is 0.761. The lowest BCUT2D eigenvalue weighted by Crippen LogP contribution is -2.17. The van der Waals surface area contributed by atoms with Gasteiger partial charge in [0.1, 0.15) is 5.82 Å². The van der Waals surface area contributed by atoms with Crippen LogP contribution < -0.4 is 5.32 Å². The van der Waals surface area contributed by atoms with Crippen molar-refractivity contribution in [3.63, 3.8) is 0 Å². The Hall–Kier alpha value is -1.17. The van der Waals surface area contributed by atoms with Crippen LogP contribution in [0, 0.1) is 5.92 Å². The minimum atomic E-state index is 0.761. The van der Waals surface area contributed by atoms with Crippen molar-refractivity contribution in [2.45, 2.75) is 25.8 Å². The van der Waals surface area contributed by atoms with E-state index in [-0.39, 0.29) is 0 Å². The van der Waals surface area contributed by atoms with Gasteiger partial charge in [0.25, 0.3) is 0 Å². The lowest BCUT2D eigenvalue weighted by Gasteiger charge is -2.04. The highest BCUT2D eigenvalue weighted by molar-refractivity contribution is 9.10. The molecular weight excluding hydrogens is 342 g/mol. The fourth-order valence-electron chi connectivity index (χ4n) is 2.30. The van der Waals surface area contributed by atoms with Crippen LogP contribution in [0.5, 0.6) is 0 Å². The van der Waals surface area contributed by atoms with E-state index in [0.717, 1.165) is 60.2 Å².